The fraction of sp³-hybridized carbons (Fsp3) is 0.0556. The normalized spacial score (nSPS) is 10.9. The van der Waals surface area contributed by atoms with E-state index in [9.17, 15) is 4.79 Å². The molecule has 0 bridgehead atoms. The number of halogens is 2. The molecule has 0 saturated carbocycles. The minimum atomic E-state index is -0.311. The van der Waals surface area contributed by atoms with Crippen molar-refractivity contribution in [3.05, 3.63) is 57.3 Å². The first-order valence-electron chi connectivity index (χ1n) is 7.94. The van der Waals surface area contributed by atoms with Gasteiger partial charge < -0.3 is 5.32 Å². The zero-order valence-electron chi connectivity index (χ0n) is 14.1. The van der Waals surface area contributed by atoms with Gasteiger partial charge in [-0.1, -0.05) is 23.2 Å². The highest BCUT2D eigenvalue weighted by atomic mass is 35.5. The Balaban J connectivity index is 1.56. The summed E-state index contributed by atoms with van der Waals surface area (Å²) >= 11 is 13.6. The Bertz CT molecular complexity index is 1130. The summed E-state index contributed by atoms with van der Waals surface area (Å²) in [7, 11) is 1.64. The summed E-state index contributed by atoms with van der Waals surface area (Å²) in [4.78, 5) is 24.8. The van der Waals surface area contributed by atoms with Crippen LogP contribution >= 0.6 is 34.5 Å². The number of benzene rings is 2. The molecule has 3 N–H and O–H groups in total. The van der Waals surface area contributed by atoms with Crippen LogP contribution in [0.4, 0.5) is 16.2 Å². The first-order chi connectivity index (χ1) is 13.0. The highest BCUT2D eigenvalue weighted by Crippen LogP contribution is 2.28. The van der Waals surface area contributed by atoms with E-state index in [-0.39, 0.29) is 6.03 Å². The number of carbonyl (C=O) groups is 1. The van der Waals surface area contributed by atoms with Gasteiger partial charge in [0.15, 0.2) is 16.7 Å². The number of thiazole rings is 1. The lowest BCUT2D eigenvalue weighted by Gasteiger charge is -2.19. The van der Waals surface area contributed by atoms with Crippen LogP contribution in [0.2, 0.25) is 10.0 Å². The summed E-state index contributed by atoms with van der Waals surface area (Å²) in [5, 5.41) is 5.74. The largest absolute Gasteiger partial charge is 0.326 e. The summed E-state index contributed by atoms with van der Waals surface area (Å²) in [5.41, 5.74) is 5.63. The van der Waals surface area contributed by atoms with Crippen LogP contribution in [0.3, 0.4) is 0 Å². The molecule has 9 heteroatoms. The number of hydrogen-bond acceptors (Lipinski definition) is 3. The van der Waals surface area contributed by atoms with Crippen LogP contribution in [0, 0.1) is 0 Å². The van der Waals surface area contributed by atoms with Crippen LogP contribution in [-0.4, -0.2) is 23.0 Å². The molecular formula is C18H14Cl2N5OS+. The third-order valence-electron chi connectivity index (χ3n) is 4.05. The lowest BCUT2D eigenvalue weighted by molar-refractivity contribution is -0.330. The van der Waals surface area contributed by atoms with E-state index in [1.165, 1.54) is 16.2 Å². The van der Waals surface area contributed by atoms with Crippen molar-refractivity contribution in [1.29, 1.82) is 0 Å². The molecule has 0 aliphatic rings. The average Bonchev–Trinajstić information content (AvgIpc) is 3.30. The number of anilines is 2. The molecule has 0 radical (unpaired) electrons. The van der Waals surface area contributed by atoms with E-state index in [4.69, 9.17) is 23.2 Å². The summed E-state index contributed by atoms with van der Waals surface area (Å²) in [6.45, 7) is 0. The Hall–Kier alpha value is -2.61. The second-order valence-electron chi connectivity index (χ2n) is 5.84. The molecule has 4 rings (SSSR count). The number of nitrogens with zero attached hydrogens (tertiary/aromatic N) is 2. The van der Waals surface area contributed by atoms with Crippen molar-refractivity contribution in [1.82, 2.24) is 9.97 Å². The standard InChI is InChI=1S/C18H13Cl2N5OS/c1-25(16-5-2-10(19)6-12(16)20)18(26)22-11-3-4-13-14(7-11)24-17(23-13)15-8-27-9-21-15/h2-9H,1H3,(H,22,26)(H,23,24)/p+1. The molecule has 27 heavy (non-hydrogen) atoms. The number of amides is 2. The number of fused-ring (bicyclic) bond motifs is 1. The van der Waals surface area contributed by atoms with Crippen molar-refractivity contribution in [2.45, 2.75) is 0 Å². The Morgan fingerprint density at radius 1 is 1.26 bits per heavy atom. The molecule has 136 valence electrons. The summed E-state index contributed by atoms with van der Waals surface area (Å²) in [6, 6.07) is 10.3. The van der Waals surface area contributed by atoms with Crippen molar-refractivity contribution >= 4 is 63.0 Å². The molecule has 0 fully saturated rings. The number of rotatable bonds is 3. The molecule has 0 saturated heterocycles. The van der Waals surface area contributed by atoms with E-state index in [1.807, 2.05) is 23.6 Å². The highest BCUT2D eigenvalue weighted by molar-refractivity contribution is 7.07. The molecule has 4 aromatic rings. The third kappa shape index (κ3) is 3.62. The molecular weight excluding hydrogens is 405 g/mol. The van der Waals surface area contributed by atoms with Crippen molar-refractivity contribution in [3.8, 4) is 11.5 Å². The van der Waals surface area contributed by atoms with Crippen LogP contribution in [0.5, 0.6) is 0 Å². The van der Waals surface area contributed by atoms with Gasteiger partial charge in [-0.2, -0.15) is 0 Å². The van der Waals surface area contributed by atoms with Gasteiger partial charge in [0, 0.05) is 29.2 Å². The van der Waals surface area contributed by atoms with Gasteiger partial charge in [-0.3, -0.25) is 4.90 Å². The average molecular weight is 419 g/mol. The number of carbonyl (C=O) groups excluding carboxylic acids is 1. The predicted molar refractivity (Wildman–Crippen MR) is 110 cm³/mol. The van der Waals surface area contributed by atoms with Gasteiger partial charge in [-0.25, -0.2) is 19.7 Å². The van der Waals surface area contributed by atoms with Gasteiger partial charge in [0.05, 0.1) is 16.2 Å². The molecule has 0 atom stereocenters. The molecule has 2 aromatic carbocycles. The van der Waals surface area contributed by atoms with Crippen LogP contribution in [0.1, 0.15) is 0 Å². The SMILES string of the molecule is CN(C(=O)Nc1ccc2[nH+]c(-c3cscn3)[nH]c2c1)c1ccc(Cl)cc1Cl. The van der Waals surface area contributed by atoms with Gasteiger partial charge in [0.1, 0.15) is 0 Å². The zero-order chi connectivity index (χ0) is 19.0. The van der Waals surface area contributed by atoms with Gasteiger partial charge in [-0.15, -0.1) is 11.3 Å². The Labute approximate surface area is 168 Å². The van der Waals surface area contributed by atoms with E-state index >= 15 is 0 Å². The quantitative estimate of drug-likeness (QED) is 0.486. The van der Waals surface area contributed by atoms with E-state index in [2.05, 4.69) is 20.3 Å². The van der Waals surface area contributed by atoms with Gasteiger partial charge in [0.2, 0.25) is 0 Å². The molecule has 2 heterocycles. The van der Waals surface area contributed by atoms with E-state index in [1.54, 1.807) is 30.8 Å². The summed E-state index contributed by atoms with van der Waals surface area (Å²) in [6.07, 6.45) is 0. The van der Waals surface area contributed by atoms with Crippen molar-refractivity contribution in [2.24, 2.45) is 0 Å². The second kappa shape index (κ2) is 7.19. The molecule has 0 aliphatic carbocycles. The molecule has 0 aliphatic heterocycles. The molecule has 0 unspecified atom stereocenters. The number of hydrogen-bond donors (Lipinski definition) is 2. The van der Waals surface area contributed by atoms with Crippen LogP contribution in [-0.2, 0) is 0 Å². The monoisotopic (exact) mass is 418 g/mol. The van der Waals surface area contributed by atoms with Crippen molar-refractivity contribution in [2.75, 3.05) is 17.3 Å². The lowest BCUT2D eigenvalue weighted by atomic mass is 10.2. The number of urea groups is 1. The van der Waals surface area contributed by atoms with Crippen LogP contribution < -0.4 is 15.2 Å². The maximum atomic E-state index is 12.6. The minimum absolute atomic E-state index is 0.311. The number of H-pyrrole nitrogens is 2. The number of aromatic nitrogens is 3. The van der Waals surface area contributed by atoms with Gasteiger partial charge in [-0.05, 0) is 30.3 Å². The maximum absolute atomic E-state index is 12.6. The first-order valence-corrected chi connectivity index (χ1v) is 9.64. The highest BCUT2D eigenvalue weighted by Gasteiger charge is 2.17. The minimum Gasteiger partial charge on any atom is -0.307 e. The smallest absolute Gasteiger partial charge is 0.307 e. The van der Waals surface area contributed by atoms with E-state index in [0.717, 1.165) is 22.6 Å². The van der Waals surface area contributed by atoms with Gasteiger partial charge in [0.25, 0.3) is 0 Å². The zero-order valence-corrected chi connectivity index (χ0v) is 16.4. The first kappa shape index (κ1) is 17.8. The fourth-order valence-corrected chi connectivity index (χ4v) is 3.75. The summed E-state index contributed by atoms with van der Waals surface area (Å²) < 4.78 is 0. The lowest BCUT2D eigenvalue weighted by Crippen LogP contribution is -2.31. The second-order valence-corrected chi connectivity index (χ2v) is 7.41. The van der Waals surface area contributed by atoms with Crippen LogP contribution in [0.25, 0.3) is 22.6 Å². The van der Waals surface area contributed by atoms with Crippen LogP contribution in [0.15, 0.2) is 47.3 Å². The Kier molecular flexibility index (Phi) is 4.73. The Morgan fingerprint density at radius 3 is 2.85 bits per heavy atom. The third-order valence-corrected chi connectivity index (χ3v) is 5.18. The van der Waals surface area contributed by atoms with Gasteiger partial charge >= 0.3 is 11.9 Å². The van der Waals surface area contributed by atoms with E-state index < -0.39 is 0 Å². The topological polar surface area (TPSA) is 75.2 Å². The number of nitrogens with one attached hydrogen (secondary N) is 3. The predicted octanol–water partition coefficient (Wildman–Crippen LogP) is 5.08. The molecule has 2 amide bonds. The Morgan fingerprint density at radius 2 is 2.11 bits per heavy atom. The van der Waals surface area contributed by atoms with Crippen molar-refractivity contribution < 1.29 is 9.78 Å². The number of aromatic amines is 2. The van der Waals surface area contributed by atoms with Crippen molar-refractivity contribution in [3.63, 3.8) is 0 Å². The fourth-order valence-electron chi connectivity index (χ4n) is 2.67. The molecule has 6 nitrogen and oxygen atoms in total. The summed E-state index contributed by atoms with van der Waals surface area (Å²) in [5.74, 6) is 0.819. The van der Waals surface area contributed by atoms with E-state index in [0.29, 0.717) is 21.4 Å². The number of imidazole rings is 1. The molecule has 2 aromatic heterocycles. The maximum Gasteiger partial charge on any atom is 0.326 e. The molecule has 0 spiro atoms.